The summed E-state index contributed by atoms with van der Waals surface area (Å²) in [5, 5.41) is 0. The van der Waals surface area contributed by atoms with E-state index in [0.29, 0.717) is 19.7 Å². The predicted octanol–water partition coefficient (Wildman–Crippen LogP) is 2.13. The Morgan fingerprint density at radius 3 is 2.52 bits per heavy atom. The molecule has 1 aliphatic rings. The molecule has 7 heteroatoms. The Kier molecular flexibility index (Phi) is 6.26. The quantitative estimate of drug-likeness (QED) is 0.823. The zero-order valence-corrected chi connectivity index (χ0v) is 16.1. The van der Waals surface area contributed by atoms with Gasteiger partial charge in [0, 0.05) is 6.54 Å². The minimum absolute atomic E-state index is 0.164. The van der Waals surface area contributed by atoms with Gasteiger partial charge in [-0.2, -0.15) is 0 Å². The molecule has 0 radical (unpaired) electrons. The molecule has 2 aromatic rings. The number of morpholine rings is 1. The van der Waals surface area contributed by atoms with E-state index in [9.17, 15) is 13.2 Å². The number of benzene rings is 2. The highest BCUT2D eigenvalue weighted by Gasteiger charge is 2.26. The predicted molar refractivity (Wildman–Crippen MR) is 103 cm³/mol. The highest BCUT2D eigenvalue weighted by Crippen LogP contribution is 2.22. The van der Waals surface area contributed by atoms with E-state index in [1.165, 1.54) is 0 Å². The standard InChI is InChI=1S/C20H24N2O4S/c1-2-16-8-10-18(11-9-16)27(24,25)21-14-20(23)22-12-13-26-19(15-22)17-6-4-3-5-7-17/h3-11,19,21H,2,12-15H2,1H3. The summed E-state index contributed by atoms with van der Waals surface area (Å²) in [5.41, 5.74) is 2.07. The molecule has 27 heavy (non-hydrogen) atoms. The van der Waals surface area contributed by atoms with Crippen LogP contribution >= 0.6 is 0 Å². The summed E-state index contributed by atoms with van der Waals surface area (Å²) >= 11 is 0. The van der Waals surface area contributed by atoms with E-state index in [1.807, 2.05) is 37.3 Å². The molecular weight excluding hydrogens is 364 g/mol. The molecule has 144 valence electrons. The first-order chi connectivity index (χ1) is 13.0. The summed E-state index contributed by atoms with van der Waals surface area (Å²) in [6.07, 6.45) is 0.647. The van der Waals surface area contributed by atoms with Crippen LogP contribution in [0.3, 0.4) is 0 Å². The van der Waals surface area contributed by atoms with Crippen LogP contribution in [0.2, 0.25) is 0 Å². The first kappa shape index (κ1) is 19.5. The average Bonchev–Trinajstić information content (AvgIpc) is 2.73. The van der Waals surface area contributed by atoms with Crippen LogP contribution in [-0.2, 0) is 26.0 Å². The summed E-state index contributed by atoms with van der Waals surface area (Å²) in [6.45, 7) is 3.03. The molecule has 1 atom stereocenters. The van der Waals surface area contributed by atoms with Gasteiger partial charge in [0.15, 0.2) is 0 Å². The molecular formula is C20H24N2O4S. The van der Waals surface area contributed by atoms with Crippen molar-refractivity contribution in [2.24, 2.45) is 0 Å². The number of nitrogens with one attached hydrogen (secondary N) is 1. The number of hydrogen-bond donors (Lipinski definition) is 1. The number of hydrogen-bond acceptors (Lipinski definition) is 4. The lowest BCUT2D eigenvalue weighted by atomic mass is 10.1. The van der Waals surface area contributed by atoms with Crippen molar-refractivity contribution in [1.29, 1.82) is 0 Å². The fraction of sp³-hybridized carbons (Fsp3) is 0.350. The smallest absolute Gasteiger partial charge is 0.241 e. The van der Waals surface area contributed by atoms with Gasteiger partial charge in [0.25, 0.3) is 0 Å². The van der Waals surface area contributed by atoms with Crippen molar-refractivity contribution in [3.8, 4) is 0 Å². The first-order valence-electron chi connectivity index (χ1n) is 9.02. The highest BCUT2D eigenvalue weighted by atomic mass is 32.2. The van der Waals surface area contributed by atoms with Crippen LogP contribution in [-0.4, -0.2) is 45.5 Å². The fourth-order valence-electron chi connectivity index (χ4n) is 3.00. The number of carbonyl (C=O) groups is 1. The second-order valence-corrected chi connectivity index (χ2v) is 8.20. The minimum Gasteiger partial charge on any atom is -0.370 e. The Bertz CT molecular complexity index is 867. The lowest BCUT2D eigenvalue weighted by molar-refractivity contribution is -0.137. The maximum absolute atomic E-state index is 12.5. The molecule has 1 aliphatic heterocycles. The van der Waals surface area contributed by atoms with Gasteiger partial charge in [-0.3, -0.25) is 4.79 Å². The van der Waals surface area contributed by atoms with Crippen molar-refractivity contribution in [3.05, 3.63) is 65.7 Å². The van der Waals surface area contributed by atoms with Crippen LogP contribution in [0.25, 0.3) is 0 Å². The van der Waals surface area contributed by atoms with Gasteiger partial charge in [0.2, 0.25) is 15.9 Å². The van der Waals surface area contributed by atoms with Gasteiger partial charge in [-0.25, -0.2) is 13.1 Å². The summed E-state index contributed by atoms with van der Waals surface area (Å²) in [4.78, 5) is 14.3. The monoisotopic (exact) mass is 388 g/mol. The van der Waals surface area contributed by atoms with E-state index in [2.05, 4.69) is 4.72 Å². The molecule has 1 N–H and O–H groups in total. The van der Waals surface area contributed by atoms with Crippen LogP contribution in [0.5, 0.6) is 0 Å². The SMILES string of the molecule is CCc1ccc(S(=O)(=O)NCC(=O)N2CCOC(c3ccccc3)C2)cc1. The van der Waals surface area contributed by atoms with E-state index in [-0.39, 0.29) is 23.5 Å². The molecule has 0 spiro atoms. The maximum atomic E-state index is 12.5. The third-order valence-corrected chi connectivity index (χ3v) is 6.06. The van der Waals surface area contributed by atoms with Crippen molar-refractivity contribution < 1.29 is 17.9 Å². The van der Waals surface area contributed by atoms with E-state index < -0.39 is 10.0 Å². The van der Waals surface area contributed by atoms with Gasteiger partial charge in [-0.1, -0.05) is 49.4 Å². The molecule has 6 nitrogen and oxygen atoms in total. The Morgan fingerprint density at radius 2 is 1.85 bits per heavy atom. The van der Waals surface area contributed by atoms with Crippen molar-refractivity contribution >= 4 is 15.9 Å². The molecule has 2 aromatic carbocycles. The van der Waals surface area contributed by atoms with Crippen molar-refractivity contribution in [3.63, 3.8) is 0 Å². The van der Waals surface area contributed by atoms with E-state index >= 15 is 0 Å². The Morgan fingerprint density at radius 1 is 1.15 bits per heavy atom. The third-order valence-electron chi connectivity index (χ3n) is 4.65. The Labute approximate surface area is 160 Å². The molecule has 0 saturated carbocycles. The second-order valence-electron chi connectivity index (χ2n) is 6.43. The van der Waals surface area contributed by atoms with Crippen LogP contribution in [0.4, 0.5) is 0 Å². The summed E-state index contributed by atoms with van der Waals surface area (Å²) in [5.74, 6) is -0.256. The van der Waals surface area contributed by atoms with Crippen LogP contribution < -0.4 is 4.72 Å². The number of sulfonamides is 1. The van der Waals surface area contributed by atoms with Crippen LogP contribution in [0.1, 0.15) is 24.2 Å². The number of ether oxygens (including phenoxy) is 1. The van der Waals surface area contributed by atoms with E-state index in [0.717, 1.165) is 17.5 Å². The van der Waals surface area contributed by atoms with Gasteiger partial charge in [0.1, 0.15) is 6.10 Å². The van der Waals surface area contributed by atoms with Gasteiger partial charge >= 0.3 is 0 Å². The second kappa shape index (κ2) is 8.65. The normalized spacial score (nSPS) is 17.7. The summed E-state index contributed by atoms with van der Waals surface area (Å²) in [6, 6.07) is 16.4. The Balaban J connectivity index is 1.59. The lowest BCUT2D eigenvalue weighted by Crippen LogP contribution is -2.46. The van der Waals surface area contributed by atoms with Gasteiger partial charge in [-0.05, 0) is 29.7 Å². The van der Waals surface area contributed by atoms with E-state index in [4.69, 9.17) is 4.74 Å². The average molecular weight is 388 g/mol. The molecule has 1 unspecified atom stereocenters. The zero-order valence-electron chi connectivity index (χ0n) is 15.3. The Hall–Kier alpha value is -2.22. The number of carbonyl (C=O) groups excluding carboxylic acids is 1. The van der Waals surface area contributed by atoms with Crippen molar-refractivity contribution in [2.45, 2.75) is 24.3 Å². The van der Waals surface area contributed by atoms with Crippen LogP contribution in [0.15, 0.2) is 59.5 Å². The number of rotatable bonds is 6. The third kappa shape index (κ3) is 4.94. The van der Waals surface area contributed by atoms with Gasteiger partial charge < -0.3 is 9.64 Å². The first-order valence-corrected chi connectivity index (χ1v) is 10.5. The molecule has 1 fully saturated rings. The van der Waals surface area contributed by atoms with E-state index in [1.54, 1.807) is 29.2 Å². The molecule has 1 heterocycles. The van der Waals surface area contributed by atoms with Crippen molar-refractivity contribution in [2.75, 3.05) is 26.2 Å². The fourth-order valence-corrected chi connectivity index (χ4v) is 3.98. The lowest BCUT2D eigenvalue weighted by Gasteiger charge is -2.33. The summed E-state index contributed by atoms with van der Waals surface area (Å²) < 4.78 is 32.9. The topological polar surface area (TPSA) is 75.7 Å². The molecule has 1 amide bonds. The molecule has 1 saturated heterocycles. The largest absolute Gasteiger partial charge is 0.370 e. The van der Waals surface area contributed by atoms with Crippen LogP contribution in [0, 0.1) is 0 Å². The van der Waals surface area contributed by atoms with Crippen molar-refractivity contribution in [1.82, 2.24) is 9.62 Å². The molecule has 0 bridgehead atoms. The molecule has 0 aliphatic carbocycles. The highest BCUT2D eigenvalue weighted by molar-refractivity contribution is 7.89. The zero-order chi connectivity index (χ0) is 19.3. The maximum Gasteiger partial charge on any atom is 0.241 e. The number of aryl methyl sites for hydroxylation is 1. The number of nitrogens with zero attached hydrogens (tertiary/aromatic N) is 1. The van der Waals surface area contributed by atoms with Gasteiger partial charge in [-0.15, -0.1) is 0 Å². The molecule has 3 rings (SSSR count). The summed E-state index contributed by atoms with van der Waals surface area (Å²) in [7, 11) is -3.71. The number of amides is 1. The molecule has 0 aromatic heterocycles. The van der Waals surface area contributed by atoms with Gasteiger partial charge in [0.05, 0.1) is 24.6 Å². The minimum atomic E-state index is -3.71.